The van der Waals surface area contributed by atoms with Gasteiger partial charge in [0.05, 0.1) is 0 Å². The summed E-state index contributed by atoms with van der Waals surface area (Å²) in [6.45, 7) is 1.83. The van der Waals surface area contributed by atoms with Gasteiger partial charge in [0.1, 0.15) is 22.1 Å². The van der Waals surface area contributed by atoms with E-state index in [-0.39, 0.29) is 0 Å². The molecule has 2 rings (SSSR count). The van der Waals surface area contributed by atoms with Gasteiger partial charge in [-0.25, -0.2) is 4.98 Å². The Morgan fingerprint density at radius 2 is 2.00 bits per heavy atom. The number of hydrogen-bond donors (Lipinski definition) is 1. The van der Waals surface area contributed by atoms with E-state index in [2.05, 4.69) is 38.6 Å². The van der Waals surface area contributed by atoms with E-state index in [1.165, 1.54) is 0 Å². The Morgan fingerprint density at radius 3 is 2.53 bits per heavy atom. The second-order valence-corrected chi connectivity index (χ2v) is 5.14. The maximum atomic E-state index is 8.92. The fourth-order valence-electron chi connectivity index (χ4n) is 1.46. The molecule has 3 nitrogen and oxygen atoms in total. The van der Waals surface area contributed by atoms with Crippen molar-refractivity contribution in [3.63, 3.8) is 0 Å². The zero-order valence-electron chi connectivity index (χ0n) is 8.99. The lowest BCUT2D eigenvalue weighted by Crippen LogP contribution is -1.97. The highest BCUT2D eigenvalue weighted by molar-refractivity contribution is 14.1. The fourth-order valence-corrected chi connectivity index (χ4v) is 2.11. The van der Waals surface area contributed by atoms with Crippen LogP contribution in [-0.2, 0) is 0 Å². The van der Waals surface area contributed by atoms with Crippen LogP contribution in [-0.4, -0.2) is 9.97 Å². The van der Waals surface area contributed by atoms with Crippen LogP contribution in [0.1, 0.15) is 11.3 Å². The Balaban J connectivity index is 2.59. The van der Waals surface area contributed by atoms with Gasteiger partial charge in [0, 0.05) is 14.8 Å². The average Bonchev–Trinajstić information content (AvgIpc) is 2.29. The molecule has 0 aliphatic carbocycles. The number of H-pyrrole nitrogens is 1. The van der Waals surface area contributed by atoms with Crippen molar-refractivity contribution in [3.05, 3.63) is 43.7 Å². The van der Waals surface area contributed by atoms with Gasteiger partial charge in [-0.15, -0.1) is 0 Å². The summed E-state index contributed by atoms with van der Waals surface area (Å²) in [7, 11) is 0. The number of halogens is 1. The van der Waals surface area contributed by atoms with Crippen molar-refractivity contribution in [2.24, 2.45) is 0 Å². The number of nitrogens with zero attached hydrogens (tertiary/aromatic N) is 2. The van der Waals surface area contributed by atoms with Crippen LogP contribution in [0, 0.1) is 26.5 Å². The lowest BCUT2D eigenvalue weighted by Gasteiger charge is -2.04. The number of aryl methyl sites for hydroxylation is 1. The molecule has 1 aromatic carbocycles. The Bertz CT molecular complexity index is 653. The SMILES string of the molecule is Cc1[nH]c(-c2ccc(I)cc2)nc(=S)c1C#N. The maximum Gasteiger partial charge on any atom is 0.148 e. The molecule has 0 fully saturated rings. The minimum Gasteiger partial charge on any atom is -0.342 e. The first-order valence-electron chi connectivity index (χ1n) is 4.89. The highest BCUT2D eigenvalue weighted by Gasteiger charge is 2.06. The normalized spacial score (nSPS) is 9.94. The van der Waals surface area contributed by atoms with Crippen LogP contribution in [0.5, 0.6) is 0 Å². The Hall–Kier alpha value is -1.26. The highest BCUT2D eigenvalue weighted by Crippen LogP contribution is 2.18. The minimum atomic E-state index is 0.345. The topological polar surface area (TPSA) is 52.5 Å². The summed E-state index contributed by atoms with van der Waals surface area (Å²) < 4.78 is 1.51. The van der Waals surface area contributed by atoms with Crippen molar-refractivity contribution in [2.75, 3.05) is 0 Å². The molecular formula is C12H8IN3S. The molecule has 0 atom stereocenters. The molecule has 1 aromatic heterocycles. The molecule has 0 bridgehead atoms. The van der Waals surface area contributed by atoms with Gasteiger partial charge in [0.2, 0.25) is 0 Å². The smallest absolute Gasteiger partial charge is 0.148 e. The zero-order valence-corrected chi connectivity index (χ0v) is 12.0. The summed E-state index contributed by atoms with van der Waals surface area (Å²) >= 11 is 7.34. The van der Waals surface area contributed by atoms with Crippen LogP contribution in [0.4, 0.5) is 0 Å². The minimum absolute atomic E-state index is 0.345. The summed E-state index contributed by atoms with van der Waals surface area (Å²) in [5.41, 5.74) is 2.15. The lowest BCUT2D eigenvalue weighted by atomic mass is 10.2. The van der Waals surface area contributed by atoms with Gasteiger partial charge < -0.3 is 4.98 Å². The predicted molar refractivity (Wildman–Crippen MR) is 77.0 cm³/mol. The number of nitriles is 1. The summed E-state index contributed by atoms with van der Waals surface area (Å²) in [5.74, 6) is 0.697. The Morgan fingerprint density at radius 1 is 1.35 bits per heavy atom. The molecule has 0 saturated heterocycles. The van der Waals surface area contributed by atoms with Crippen LogP contribution in [0.25, 0.3) is 11.4 Å². The Labute approximate surface area is 118 Å². The molecule has 0 radical (unpaired) electrons. The number of nitrogens with one attached hydrogen (secondary N) is 1. The van der Waals surface area contributed by atoms with Crippen molar-refractivity contribution in [1.82, 2.24) is 9.97 Å². The maximum absolute atomic E-state index is 8.92. The van der Waals surface area contributed by atoms with E-state index in [0.717, 1.165) is 14.8 Å². The van der Waals surface area contributed by atoms with Crippen LogP contribution in [0.3, 0.4) is 0 Å². The third-order valence-corrected chi connectivity index (χ3v) is 3.35. The van der Waals surface area contributed by atoms with E-state index < -0.39 is 0 Å². The summed E-state index contributed by atoms with van der Waals surface area (Å²) in [6, 6.07) is 10.0. The quantitative estimate of drug-likeness (QED) is 0.630. The van der Waals surface area contributed by atoms with Crippen LogP contribution < -0.4 is 0 Å². The molecule has 5 heteroatoms. The van der Waals surface area contributed by atoms with Crippen molar-refractivity contribution in [3.8, 4) is 17.5 Å². The first-order chi connectivity index (χ1) is 8.11. The van der Waals surface area contributed by atoms with E-state index >= 15 is 0 Å². The van der Waals surface area contributed by atoms with Gasteiger partial charge in [0.25, 0.3) is 0 Å². The van der Waals surface area contributed by atoms with Gasteiger partial charge in [-0.1, -0.05) is 24.4 Å². The zero-order chi connectivity index (χ0) is 12.4. The first-order valence-corrected chi connectivity index (χ1v) is 6.37. The predicted octanol–water partition coefficient (Wildman–Crippen LogP) is 3.59. The van der Waals surface area contributed by atoms with E-state index in [4.69, 9.17) is 17.5 Å². The molecular weight excluding hydrogens is 345 g/mol. The standard InChI is InChI=1S/C12H8IN3S/c1-7-10(6-14)12(17)16-11(15-7)8-2-4-9(13)5-3-8/h2-5H,1H3,(H,15,16,17). The van der Waals surface area contributed by atoms with Gasteiger partial charge >= 0.3 is 0 Å². The van der Waals surface area contributed by atoms with Crippen LogP contribution in [0.15, 0.2) is 24.3 Å². The second kappa shape index (κ2) is 4.94. The number of aromatic nitrogens is 2. The molecule has 2 aromatic rings. The monoisotopic (exact) mass is 353 g/mol. The lowest BCUT2D eigenvalue weighted by molar-refractivity contribution is 1.08. The largest absolute Gasteiger partial charge is 0.342 e. The third kappa shape index (κ3) is 2.53. The van der Waals surface area contributed by atoms with Crippen molar-refractivity contribution in [2.45, 2.75) is 6.92 Å². The van der Waals surface area contributed by atoms with Gasteiger partial charge in [0.15, 0.2) is 0 Å². The van der Waals surface area contributed by atoms with E-state index in [1.807, 2.05) is 31.2 Å². The number of hydrogen-bond acceptors (Lipinski definition) is 3. The number of benzene rings is 1. The van der Waals surface area contributed by atoms with Gasteiger partial charge in [-0.3, -0.25) is 0 Å². The molecule has 0 aliphatic heterocycles. The third-order valence-electron chi connectivity index (χ3n) is 2.34. The summed E-state index contributed by atoms with van der Waals surface area (Å²) in [6.07, 6.45) is 0. The molecule has 0 amide bonds. The van der Waals surface area contributed by atoms with E-state index in [1.54, 1.807) is 0 Å². The average molecular weight is 353 g/mol. The fraction of sp³-hybridized carbons (Fsp3) is 0.0833. The van der Waals surface area contributed by atoms with Crippen molar-refractivity contribution in [1.29, 1.82) is 5.26 Å². The number of rotatable bonds is 1. The molecule has 1 N–H and O–H groups in total. The van der Waals surface area contributed by atoms with Crippen LogP contribution in [0.2, 0.25) is 0 Å². The second-order valence-electron chi connectivity index (χ2n) is 3.51. The first kappa shape index (κ1) is 12.2. The molecule has 0 saturated carbocycles. The highest BCUT2D eigenvalue weighted by atomic mass is 127. The summed E-state index contributed by atoms with van der Waals surface area (Å²) in [5, 5.41) is 8.92. The van der Waals surface area contributed by atoms with Crippen LogP contribution >= 0.6 is 34.8 Å². The van der Waals surface area contributed by atoms with E-state index in [9.17, 15) is 0 Å². The molecule has 17 heavy (non-hydrogen) atoms. The van der Waals surface area contributed by atoms with Crippen molar-refractivity contribution >= 4 is 34.8 Å². The summed E-state index contributed by atoms with van der Waals surface area (Å²) in [4.78, 5) is 7.34. The molecule has 0 aliphatic rings. The van der Waals surface area contributed by atoms with E-state index in [0.29, 0.717) is 16.0 Å². The number of aromatic amines is 1. The van der Waals surface area contributed by atoms with Gasteiger partial charge in [-0.05, 0) is 41.6 Å². The molecule has 1 heterocycles. The molecule has 0 unspecified atom stereocenters. The molecule has 84 valence electrons. The Kier molecular flexibility index (Phi) is 3.54. The molecule has 0 spiro atoms. The van der Waals surface area contributed by atoms with Gasteiger partial charge in [-0.2, -0.15) is 5.26 Å². The van der Waals surface area contributed by atoms with Crippen molar-refractivity contribution < 1.29 is 0 Å².